The fraction of sp³-hybridized carbons (Fsp3) is 0.886. The number of ether oxygens (including phenoxy) is 2. The third-order valence-corrected chi connectivity index (χ3v) is 10.6. The van der Waals surface area contributed by atoms with Crippen LogP contribution in [0.15, 0.2) is 12.2 Å². The molecule has 0 radical (unpaired) electrons. The number of hydrogen-bond acceptors (Lipinski definition) is 8. The van der Waals surface area contributed by atoms with Gasteiger partial charge in [-0.3, -0.25) is 14.4 Å². The second-order valence-corrected chi connectivity index (χ2v) is 16.0. The van der Waals surface area contributed by atoms with Crippen LogP contribution in [0.25, 0.3) is 0 Å². The topological polar surface area (TPSA) is 130 Å². The van der Waals surface area contributed by atoms with Crippen molar-refractivity contribution in [2.75, 3.05) is 13.2 Å². The molecule has 0 bridgehead atoms. The van der Waals surface area contributed by atoms with Crippen LogP contribution in [0.1, 0.15) is 201 Å². The smallest absolute Gasteiger partial charge is 0.306 e. The monoisotopic (exact) mass is 737 g/mol. The molecule has 1 saturated carbocycles. The normalized spacial score (nSPS) is 18.8. The number of esters is 2. The first kappa shape index (κ1) is 48.2. The average Bonchev–Trinajstić information content (AvgIpc) is 3.39. The number of carbonyl (C=O) groups excluding carboxylic acids is 3. The lowest BCUT2D eigenvalue weighted by molar-refractivity contribution is -0.161. The van der Waals surface area contributed by atoms with Gasteiger partial charge in [-0.15, -0.1) is 0 Å². The molecule has 0 aromatic carbocycles. The second-order valence-electron chi connectivity index (χ2n) is 16.0. The van der Waals surface area contributed by atoms with Gasteiger partial charge in [0, 0.05) is 25.2 Å². The molecule has 0 aliphatic heterocycles. The predicted molar refractivity (Wildman–Crippen MR) is 211 cm³/mol. The molecule has 52 heavy (non-hydrogen) atoms. The van der Waals surface area contributed by atoms with Gasteiger partial charge in [-0.1, -0.05) is 168 Å². The molecule has 8 heteroatoms. The van der Waals surface area contributed by atoms with Crippen LogP contribution in [0.3, 0.4) is 0 Å². The third kappa shape index (κ3) is 26.1. The molecule has 0 aromatic rings. The molecule has 1 aliphatic carbocycles. The summed E-state index contributed by atoms with van der Waals surface area (Å²) in [5.41, 5.74) is 0. The molecule has 0 saturated heterocycles. The van der Waals surface area contributed by atoms with E-state index < -0.39 is 18.3 Å². The Morgan fingerprint density at radius 3 is 1.77 bits per heavy atom. The molecule has 1 aliphatic rings. The Balaban J connectivity index is 2.03. The van der Waals surface area contributed by atoms with E-state index in [1.807, 2.05) is 0 Å². The van der Waals surface area contributed by atoms with Crippen molar-refractivity contribution in [3.63, 3.8) is 0 Å². The lowest BCUT2D eigenvalue weighted by Gasteiger charge is -2.19. The van der Waals surface area contributed by atoms with E-state index in [2.05, 4.69) is 20.8 Å². The largest absolute Gasteiger partial charge is 0.462 e. The maximum absolute atomic E-state index is 12.4. The summed E-state index contributed by atoms with van der Waals surface area (Å²) in [6.45, 7) is 6.21. The van der Waals surface area contributed by atoms with Crippen molar-refractivity contribution in [3.8, 4) is 0 Å². The van der Waals surface area contributed by atoms with Gasteiger partial charge in [0.1, 0.15) is 12.4 Å². The van der Waals surface area contributed by atoms with Gasteiger partial charge in [0.2, 0.25) is 0 Å². The molecule has 304 valence electrons. The van der Waals surface area contributed by atoms with Gasteiger partial charge in [0.05, 0.1) is 18.8 Å². The van der Waals surface area contributed by atoms with E-state index in [1.54, 1.807) is 12.2 Å². The molecule has 0 spiro atoms. The number of rotatable bonds is 35. The van der Waals surface area contributed by atoms with Crippen LogP contribution in [0.2, 0.25) is 0 Å². The highest BCUT2D eigenvalue weighted by atomic mass is 16.6. The maximum Gasteiger partial charge on any atom is 0.306 e. The Hall–Kier alpha value is -1.77. The average molecular weight is 737 g/mol. The number of aliphatic hydroxyl groups is 3. The van der Waals surface area contributed by atoms with Crippen molar-refractivity contribution in [2.45, 2.75) is 219 Å². The van der Waals surface area contributed by atoms with Crippen LogP contribution >= 0.6 is 0 Å². The van der Waals surface area contributed by atoms with E-state index >= 15 is 0 Å². The summed E-state index contributed by atoms with van der Waals surface area (Å²) in [5.74, 6) is -0.337. The highest BCUT2D eigenvalue weighted by molar-refractivity contribution is 5.86. The first-order valence-electron chi connectivity index (χ1n) is 21.7. The predicted octanol–water partition coefficient (Wildman–Crippen LogP) is 10.1. The Morgan fingerprint density at radius 2 is 1.23 bits per heavy atom. The lowest BCUT2D eigenvalue weighted by Crippen LogP contribution is -2.28. The summed E-state index contributed by atoms with van der Waals surface area (Å²) in [7, 11) is 0. The Kier molecular flexibility index (Phi) is 30.3. The quantitative estimate of drug-likeness (QED) is 0.0333. The standard InChI is InChI=1S/C44H80O8/c1-4-5-21-27-37(46)31-32-40-39(41(47)33-42(40)48)28-23-19-20-24-29-43(49)51-35-38(34-45)52-44(50)30-25-18-16-14-12-10-8-6-7-9-11-13-15-17-22-26-36(2)3/h31-32,36-41,45-47H,4-30,33-35H2,1-3H3/b32-31+/t37-,38-,39+,40+,41-/m0/s1. The number of carbonyl (C=O) groups is 3. The summed E-state index contributed by atoms with van der Waals surface area (Å²) < 4.78 is 10.6. The highest BCUT2D eigenvalue weighted by Crippen LogP contribution is 2.34. The molecule has 0 unspecified atom stereocenters. The number of aliphatic hydroxyl groups excluding tert-OH is 3. The minimum atomic E-state index is -0.842. The van der Waals surface area contributed by atoms with Crippen LogP contribution in [0, 0.1) is 17.8 Å². The van der Waals surface area contributed by atoms with Gasteiger partial charge in [-0.2, -0.15) is 0 Å². The van der Waals surface area contributed by atoms with Crippen molar-refractivity contribution in [1.29, 1.82) is 0 Å². The van der Waals surface area contributed by atoms with E-state index in [1.165, 1.54) is 83.5 Å². The van der Waals surface area contributed by atoms with Crippen molar-refractivity contribution in [3.05, 3.63) is 12.2 Å². The summed E-state index contributed by atoms with van der Waals surface area (Å²) >= 11 is 0. The fourth-order valence-corrected chi connectivity index (χ4v) is 7.29. The van der Waals surface area contributed by atoms with Crippen LogP contribution in [-0.4, -0.2) is 64.6 Å². The van der Waals surface area contributed by atoms with Crippen LogP contribution in [0.5, 0.6) is 0 Å². The summed E-state index contributed by atoms with van der Waals surface area (Å²) in [6, 6.07) is 0. The number of ketones is 1. The van der Waals surface area contributed by atoms with Gasteiger partial charge in [-0.05, 0) is 37.5 Å². The minimum Gasteiger partial charge on any atom is -0.462 e. The molecule has 3 N–H and O–H groups in total. The molecule has 0 amide bonds. The Morgan fingerprint density at radius 1 is 0.731 bits per heavy atom. The van der Waals surface area contributed by atoms with Gasteiger partial charge in [0.25, 0.3) is 0 Å². The van der Waals surface area contributed by atoms with Gasteiger partial charge in [-0.25, -0.2) is 0 Å². The van der Waals surface area contributed by atoms with Crippen molar-refractivity contribution < 1.29 is 39.2 Å². The van der Waals surface area contributed by atoms with Crippen LogP contribution < -0.4 is 0 Å². The van der Waals surface area contributed by atoms with E-state index in [0.29, 0.717) is 19.3 Å². The number of Topliss-reactive ketones (excluding diaryl/α,β-unsaturated/α-hetero) is 1. The molecule has 0 heterocycles. The maximum atomic E-state index is 12.4. The van der Waals surface area contributed by atoms with E-state index in [9.17, 15) is 29.7 Å². The van der Waals surface area contributed by atoms with Crippen LogP contribution in [0.4, 0.5) is 0 Å². The minimum absolute atomic E-state index is 0.0365. The van der Waals surface area contributed by atoms with Gasteiger partial charge < -0.3 is 24.8 Å². The molecule has 0 aromatic heterocycles. The first-order valence-corrected chi connectivity index (χ1v) is 21.7. The summed E-state index contributed by atoms with van der Waals surface area (Å²) in [6.07, 6.45) is 30.3. The number of unbranched alkanes of at least 4 members (excludes halogenated alkanes) is 19. The third-order valence-electron chi connectivity index (χ3n) is 10.6. The molecule has 8 nitrogen and oxygen atoms in total. The molecular weight excluding hydrogens is 656 g/mol. The zero-order valence-electron chi connectivity index (χ0n) is 33.7. The van der Waals surface area contributed by atoms with Gasteiger partial charge in [0.15, 0.2) is 6.10 Å². The van der Waals surface area contributed by atoms with Crippen LogP contribution in [-0.2, 0) is 23.9 Å². The molecular formula is C44H80O8. The summed E-state index contributed by atoms with van der Waals surface area (Å²) in [5, 5.41) is 30.3. The Bertz CT molecular complexity index is 918. The zero-order valence-corrected chi connectivity index (χ0v) is 33.7. The zero-order chi connectivity index (χ0) is 38.2. The fourth-order valence-electron chi connectivity index (χ4n) is 7.29. The van der Waals surface area contributed by atoms with Gasteiger partial charge >= 0.3 is 11.9 Å². The van der Waals surface area contributed by atoms with E-state index in [4.69, 9.17) is 9.47 Å². The van der Waals surface area contributed by atoms with E-state index in [-0.39, 0.29) is 55.6 Å². The summed E-state index contributed by atoms with van der Waals surface area (Å²) in [4.78, 5) is 36.9. The SMILES string of the molecule is CCCCC[C@H](O)/C=C/[C@H]1C(=O)C[C@H](O)[C@@H]1CCCCCCC(=O)OC[C@H](CO)OC(=O)CCCCCCCCCCCCCCCCCC(C)C. The molecule has 1 rings (SSSR count). The number of hydrogen-bond donors (Lipinski definition) is 3. The first-order chi connectivity index (χ1) is 25.2. The highest BCUT2D eigenvalue weighted by Gasteiger charge is 2.39. The van der Waals surface area contributed by atoms with Crippen molar-refractivity contribution in [2.24, 2.45) is 17.8 Å². The van der Waals surface area contributed by atoms with E-state index in [0.717, 1.165) is 70.1 Å². The lowest BCUT2D eigenvalue weighted by atomic mass is 9.88. The molecule has 5 atom stereocenters. The number of allylic oxidation sites excluding steroid dienone is 1. The molecule has 1 fully saturated rings. The second kappa shape index (κ2) is 32.6. The Labute approximate surface area is 318 Å². The van der Waals surface area contributed by atoms with Crippen molar-refractivity contribution >= 4 is 17.7 Å². The van der Waals surface area contributed by atoms with Crippen molar-refractivity contribution in [1.82, 2.24) is 0 Å².